The van der Waals surface area contributed by atoms with Gasteiger partial charge in [0.1, 0.15) is 0 Å². The summed E-state index contributed by atoms with van der Waals surface area (Å²) in [7, 11) is 0. The molecule has 172 valence electrons. The Hall–Kier alpha value is -2.71. The van der Waals surface area contributed by atoms with Crippen molar-refractivity contribution in [1.29, 1.82) is 0 Å². The summed E-state index contributed by atoms with van der Waals surface area (Å²) < 4.78 is 1.11. The minimum Gasteiger partial charge on any atom is -0.473 e. The lowest BCUT2D eigenvalue weighted by Gasteiger charge is -2.34. The van der Waals surface area contributed by atoms with Gasteiger partial charge >= 0.3 is 11.9 Å². The Morgan fingerprint density at radius 2 is 1.50 bits per heavy atom. The Balaban J connectivity index is 0.000000534. The van der Waals surface area contributed by atoms with Crippen LogP contribution in [-0.2, 0) is 27.5 Å². The second kappa shape index (κ2) is 13.0. The molecular formula is C24H29BrN2O5. The molecule has 3 rings (SSSR count). The summed E-state index contributed by atoms with van der Waals surface area (Å²) in [5.41, 5.74) is 2.53. The number of rotatable bonds is 6. The lowest BCUT2D eigenvalue weighted by Crippen LogP contribution is -2.42. The van der Waals surface area contributed by atoms with Crippen LogP contribution in [-0.4, -0.2) is 57.5 Å². The first-order chi connectivity index (χ1) is 15.3. The number of hydrogen-bond donors (Lipinski definition) is 2. The van der Waals surface area contributed by atoms with E-state index >= 15 is 0 Å². The molecule has 0 bridgehead atoms. The maximum atomic E-state index is 12.9. The van der Waals surface area contributed by atoms with E-state index in [9.17, 15) is 4.79 Å². The lowest BCUT2D eigenvalue weighted by molar-refractivity contribution is -0.159. The van der Waals surface area contributed by atoms with Crippen LogP contribution < -0.4 is 0 Å². The van der Waals surface area contributed by atoms with Crippen LogP contribution >= 0.6 is 15.9 Å². The molecule has 1 amide bonds. The normalized spacial score (nSPS) is 14.2. The van der Waals surface area contributed by atoms with Gasteiger partial charge in [-0.25, -0.2) is 9.59 Å². The van der Waals surface area contributed by atoms with Crippen LogP contribution in [0.15, 0.2) is 59.1 Å². The van der Waals surface area contributed by atoms with Crippen LogP contribution in [0.5, 0.6) is 0 Å². The summed E-state index contributed by atoms with van der Waals surface area (Å²) in [6.07, 6.45) is 1.92. The first-order valence-electron chi connectivity index (χ1n) is 10.6. The number of benzene rings is 2. The number of nitrogens with zero attached hydrogens (tertiary/aromatic N) is 2. The van der Waals surface area contributed by atoms with Crippen LogP contribution in [0.4, 0.5) is 0 Å². The third kappa shape index (κ3) is 8.43. The van der Waals surface area contributed by atoms with E-state index in [1.807, 2.05) is 23.1 Å². The SMILES string of the molecule is CCN(Cc1ccccc1)C(=O)C1CCN(Cc2ccc(Br)cc2)CC1.O=C(O)C(=O)O. The molecule has 1 heterocycles. The van der Waals surface area contributed by atoms with Gasteiger partial charge < -0.3 is 15.1 Å². The van der Waals surface area contributed by atoms with Crippen molar-refractivity contribution in [2.75, 3.05) is 19.6 Å². The predicted molar refractivity (Wildman–Crippen MR) is 125 cm³/mol. The number of amides is 1. The van der Waals surface area contributed by atoms with Crippen molar-refractivity contribution >= 4 is 33.8 Å². The van der Waals surface area contributed by atoms with Crippen LogP contribution in [0.3, 0.4) is 0 Å². The predicted octanol–water partition coefficient (Wildman–Crippen LogP) is 3.87. The fraction of sp³-hybridized carbons (Fsp3) is 0.375. The highest BCUT2D eigenvalue weighted by atomic mass is 79.9. The van der Waals surface area contributed by atoms with Gasteiger partial charge in [0.25, 0.3) is 0 Å². The van der Waals surface area contributed by atoms with Gasteiger partial charge in [-0.1, -0.05) is 58.4 Å². The number of aliphatic carboxylic acids is 2. The monoisotopic (exact) mass is 504 g/mol. The van der Waals surface area contributed by atoms with E-state index < -0.39 is 11.9 Å². The molecule has 0 saturated carbocycles. The number of likely N-dealkylation sites (tertiary alicyclic amines) is 1. The second-order valence-electron chi connectivity index (χ2n) is 7.63. The Labute approximate surface area is 196 Å². The Morgan fingerprint density at radius 3 is 2.00 bits per heavy atom. The molecule has 0 aromatic heterocycles. The lowest BCUT2D eigenvalue weighted by atomic mass is 9.94. The van der Waals surface area contributed by atoms with E-state index in [2.05, 4.69) is 64.2 Å². The average molecular weight is 505 g/mol. The van der Waals surface area contributed by atoms with Gasteiger partial charge in [0.2, 0.25) is 5.91 Å². The number of halogens is 1. The van der Waals surface area contributed by atoms with Crippen LogP contribution in [0.1, 0.15) is 30.9 Å². The molecule has 2 aromatic rings. The standard InChI is InChI=1S/C22H27BrN2O.C2H2O4/c1-2-25(17-18-6-4-3-5-7-18)22(26)20-12-14-24(15-13-20)16-19-8-10-21(23)11-9-19;3-1(4)2(5)6/h3-11,20H,2,12-17H2,1H3;(H,3,4)(H,5,6). The van der Waals surface area contributed by atoms with E-state index in [1.165, 1.54) is 11.1 Å². The maximum Gasteiger partial charge on any atom is 0.414 e. The Kier molecular flexibility index (Phi) is 10.4. The van der Waals surface area contributed by atoms with Gasteiger partial charge in [-0.05, 0) is 56.1 Å². The van der Waals surface area contributed by atoms with Gasteiger partial charge in [0.15, 0.2) is 0 Å². The van der Waals surface area contributed by atoms with Gasteiger partial charge in [0.05, 0.1) is 0 Å². The zero-order valence-corrected chi connectivity index (χ0v) is 19.7. The molecule has 0 spiro atoms. The molecule has 2 N–H and O–H groups in total. The highest BCUT2D eigenvalue weighted by Crippen LogP contribution is 2.22. The maximum absolute atomic E-state index is 12.9. The van der Waals surface area contributed by atoms with Gasteiger partial charge in [-0.3, -0.25) is 9.69 Å². The number of piperidine rings is 1. The zero-order chi connectivity index (χ0) is 23.5. The van der Waals surface area contributed by atoms with Crippen LogP contribution in [0.2, 0.25) is 0 Å². The Bertz CT molecular complexity index is 869. The summed E-state index contributed by atoms with van der Waals surface area (Å²) in [5.74, 6) is -3.16. The summed E-state index contributed by atoms with van der Waals surface area (Å²) in [5, 5.41) is 14.8. The average Bonchev–Trinajstić information content (AvgIpc) is 2.80. The first-order valence-corrected chi connectivity index (χ1v) is 11.3. The molecule has 32 heavy (non-hydrogen) atoms. The smallest absolute Gasteiger partial charge is 0.414 e. The molecule has 1 fully saturated rings. The molecule has 0 atom stereocenters. The quantitative estimate of drug-likeness (QED) is 0.579. The van der Waals surface area contributed by atoms with E-state index in [1.54, 1.807) is 0 Å². The summed E-state index contributed by atoms with van der Waals surface area (Å²) in [6, 6.07) is 18.8. The van der Waals surface area contributed by atoms with E-state index in [-0.39, 0.29) is 5.92 Å². The van der Waals surface area contributed by atoms with Crippen molar-refractivity contribution in [3.63, 3.8) is 0 Å². The molecule has 0 radical (unpaired) electrons. The number of carbonyl (C=O) groups excluding carboxylic acids is 1. The van der Waals surface area contributed by atoms with E-state index in [4.69, 9.17) is 19.8 Å². The van der Waals surface area contributed by atoms with Crippen molar-refractivity contribution in [2.45, 2.75) is 32.9 Å². The second-order valence-corrected chi connectivity index (χ2v) is 8.54. The van der Waals surface area contributed by atoms with Crippen molar-refractivity contribution in [3.8, 4) is 0 Å². The van der Waals surface area contributed by atoms with Crippen molar-refractivity contribution < 1.29 is 24.6 Å². The van der Waals surface area contributed by atoms with Crippen molar-refractivity contribution in [2.24, 2.45) is 5.92 Å². The summed E-state index contributed by atoms with van der Waals surface area (Å²) >= 11 is 3.48. The molecule has 1 aliphatic rings. The number of carbonyl (C=O) groups is 3. The summed E-state index contributed by atoms with van der Waals surface area (Å²) in [4.78, 5) is 35.6. The topological polar surface area (TPSA) is 98.2 Å². The summed E-state index contributed by atoms with van der Waals surface area (Å²) in [6.45, 7) is 6.52. The third-order valence-electron chi connectivity index (χ3n) is 5.35. The molecule has 1 saturated heterocycles. The molecule has 2 aromatic carbocycles. The Morgan fingerprint density at radius 1 is 0.938 bits per heavy atom. The molecule has 1 aliphatic heterocycles. The minimum atomic E-state index is -1.82. The minimum absolute atomic E-state index is 0.167. The van der Waals surface area contributed by atoms with Crippen LogP contribution in [0, 0.1) is 5.92 Å². The molecule has 8 heteroatoms. The van der Waals surface area contributed by atoms with Gasteiger partial charge in [-0.15, -0.1) is 0 Å². The fourth-order valence-corrected chi connectivity index (χ4v) is 3.86. The number of carboxylic acid groups (broad SMARTS) is 2. The highest BCUT2D eigenvalue weighted by Gasteiger charge is 2.28. The van der Waals surface area contributed by atoms with Gasteiger partial charge in [0, 0.05) is 30.0 Å². The number of carboxylic acids is 2. The molecule has 0 aliphatic carbocycles. The van der Waals surface area contributed by atoms with Crippen LogP contribution in [0.25, 0.3) is 0 Å². The molecule has 7 nitrogen and oxygen atoms in total. The van der Waals surface area contributed by atoms with Crippen molar-refractivity contribution in [3.05, 3.63) is 70.2 Å². The number of hydrogen-bond acceptors (Lipinski definition) is 4. The van der Waals surface area contributed by atoms with Crippen molar-refractivity contribution in [1.82, 2.24) is 9.80 Å². The highest BCUT2D eigenvalue weighted by molar-refractivity contribution is 9.10. The van der Waals surface area contributed by atoms with Gasteiger partial charge in [-0.2, -0.15) is 0 Å². The zero-order valence-electron chi connectivity index (χ0n) is 18.1. The third-order valence-corrected chi connectivity index (χ3v) is 5.88. The largest absolute Gasteiger partial charge is 0.473 e. The first kappa shape index (κ1) is 25.5. The fourth-order valence-electron chi connectivity index (χ4n) is 3.59. The molecule has 0 unspecified atom stereocenters. The molecular weight excluding hydrogens is 476 g/mol. The van der Waals surface area contributed by atoms with E-state index in [0.29, 0.717) is 5.91 Å². The van der Waals surface area contributed by atoms with E-state index in [0.717, 1.165) is 50.0 Å².